The Morgan fingerprint density at radius 3 is 2.48 bits per heavy atom. The Labute approximate surface area is 147 Å². The third-order valence-electron chi connectivity index (χ3n) is 4.96. The van der Waals surface area contributed by atoms with Crippen molar-refractivity contribution in [1.82, 2.24) is 4.98 Å². The lowest BCUT2D eigenvalue weighted by atomic mass is 9.97. The number of rotatable bonds is 2. The van der Waals surface area contributed by atoms with Crippen LogP contribution in [-0.2, 0) is 6.42 Å². The molecule has 1 aliphatic carbocycles. The van der Waals surface area contributed by atoms with Gasteiger partial charge < -0.3 is 0 Å². The zero-order valence-corrected chi connectivity index (χ0v) is 13.8. The van der Waals surface area contributed by atoms with Gasteiger partial charge in [-0.15, -0.1) is 0 Å². The van der Waals surface area contributed by atoms with Crippen LogP contribution in [-0.4, -0.2) is 4.98 Å². The van der Waals surface area contributed by atoms with Crippen LogP contribution in [0.2, 0.25) is 0 Å². The zero-order chi connectivity index (χ0) is 16.6. The molecule has 0 N–H and O–H groups in total. The highest BCUT2D eigenvalue weighted by Crippen LogP contribution is 2.38. The van der Waals surface area contributed by atoms with E-state index in [0.29, 0.717) is 0 Å². The van der Waals surface area contributed by atoms with Gasteiger partial charge in [0.1, 0.15) is 0 Å². The fraction of sp³-hybridized carbons (Fsp3) is 0.0417. The summed E-state index contributed by atoms with van der Waals surface area (Å²) >= 11 is 0. The summed E-state index contributed by atoms with van der Waals surface area (Å²) < 4.78 is 0. The van der Waals surface area contributed by atoms with E-state index in [1.165, 1.54) is 38.6 Å². The Morgan fingerprint density at radius 1 is 0.720 bits per heavy atom. The van der Waals surface area contributed by atoms with Gasteiger partial charge >= 0.3 is 0 Å². The van der Waals surface area contributed by atoms with Crippen LogP contribution in [0.3, 0.4) is 0 Å². The summed E-state index contributed by atoms with van der Waals surface area (Å²) in [5.41, 5.74) is 7.68. The van der Waals surface area contributed by atoms with E-state index in [4.69, 9.17) is 4.98 Å². The normalized spacial score (nSPS) is 12.9. The topological polar surface area (TPSA) is 12.9 Å². The second kappa shape index (κ2) is 5.71. The summed E-state index contributed by atoms with van der Waals surface area (Å²) in [5.74, 6) is 0. The second-order valence-corrected chi connectivity index (χ2v) is 6.47. The second-order valence-electron chi connectivity index (χ2n) is 6.47. The summed E-state index contributed by atoms with van der Waals surface area (Å²) in [7, 11) is 0. The first kappa shape index (κ1) is 14.2. The fourth-order valence-electron chi connectivity index (χ4n) is 3.77. The standard InChI is InChI=1S/C24H17N/c1-2-7-17(8-3-1)21-12-6-10-19-15-20(16-23(19)21)24-22-11-5-4-9-18(22)13-14-25-24/h1-14,16H,15H2. The number of aromatic nitrogens is 1. The number of pyridine rings is 1. The van der Waals surface area contributed by atoms with Crippen molar-refractivity contribution in [2.24, 2.45) is 0 Å². The van der Waals surface area contributed by atoms with Crippen LogP contribution in [0.4, 0.5) is 0 Å². The number of benzene rings is 3. The van der Waals surface area contributed by atoms with Crippen LogP contribution in [0, 0.1) is 0 Å². The zero-order valence-electron chi connectivity index (χ0n) is 13.8. The summed E-state index contributed by atoms with van der Waals surface area (Å²) in [5, 5.41) is 2.47. The number of nitrogens with zero attached hydrogens (tertiary/aromatic N) is 1. The third-order valence-corrected chi connectivity index (χ3v) is 4.96. The van der Waals surface area contributed by atoms with Crippen LogP contribution in [0.5, 0.6) is 0 Å². The number of fused-ring (bicyclic) bond motifs is 2. The molecule has 1 heterocycles. The highest BCUT2D eigenvalue weighted by molar-refractivity contribution is 6.00. The highest BCUT2D eigenvalue weighted by Gasteiger charge is 2.19. The van der Waals surface area contributed by atoms with Gasteiger partial charge in [-0.05, 0) is 45.4 Å². The molecule has 0 amide bonds. The van der Waals surface area contributed by atoms with Crippen LogP contribution in [0.15, 0.2) is 85.1 Å². The lowest BCUT2D eigenvalue weighted by molar-refractivity contribution is 1.25. The minimum atomic E-state index is 0.941. The van der Waals surface area contributed by atoms with Crippen molar-refractivity contribution < 1.29 is 0 Å². The van der Waals surface area contributed by atoms with Crippen molar-refractivity contribution in [2.75, 3.05) is 0 Å². The van der Waals surface area contributed by atoms with Crippen molar-refractivity contribution in [3.05, 3.63) is 102 Å². The number of hydrogen-bond acceptors (Lipinski definition) is 1. The summed E-state index contributed by atoms with van der Waals surface area (Å²) in [4.78, 5) is 4.71. The fourth-order valence-corrected chi connectivity index (χ4v) is 3.77. The van der Waals surface area contributed by atoms with Gasteiger partial charge in [0, 0.05) is 18.0 Å². The van der Waals surface area contributed by atoms with Crippen LogP contribution < -0.4 is 0 Å². The quantitative estimate of drug-likeness (QED) is 0.441. The molecule has 0 aliphatic heterocycles. The predicted molar refractivity (Wildman–Crippen MR) is 105 cm³/mol. The molecule has 3 aromatic carbocycles. The third kappa shape index (κ3) is 2.36. The van der Waals surface area contributed by atoms with Gasteiger partial charge in [0.05, 0.1) is 5.69 Å². The maximum atomic E-state index is 4.71. The molecule has 1 nitrogen and oxygen atoms in total. The average Bonchev–Trinajstić information content (AvgIpc) is 3.12. The molecule has 1 aliphatic rings. The van der Waals surface area contributed by atoms with Gasteiger partial charge in [-0.1, -0.05) is 72.8 Å². The molecule has 25 heavy (non-hydrogen) atoms. The Kier molecular flexibility index (Phi) is 3.24. The Bertz CT molecular complexity index is 1100. The van der Waals surface area contributed by atoms with Crippen molar-refractivity contribution in [1.29, 1.82) is 0 Å². The SMILES string of the molecule is C1=C(c2nccc3ccccc23)Cc2cccc(-c3ccccc3)c21. The molecule has 0 saturated carbocycles. The monoisotopic (exact) mass is 319 g/mol. The molecule has 1 aromatic heterocycles. The molecule has 0 radical (unpaired) electrons. The smallest absolute Gasteiger partial charge is 0.0743 e. The van der Waals surface area contributed by atoms with Gasteiger partial charge in [0.15, 0.2) is 0 Å². The lowest BCUT2D eigenvalue weighted by Crippen LogP contribution is -1.91. The van der Waals surface area contributed by atoms with E-state index in [1.54, 1.807) is 0 Å². The Balaban J connectivity index is 1.68. The van der Waals surface area contributed by atoms with Crippen LogP contribution in [0.1, 0.15) is 16.8 Å². The minimum absolute atomic E-state index is 0.941. The molecule has 0 atom stereocenters. The first-order chi connectivity index (χ1) is 12.4. The van der Waals surface area contributed by atoms with E-state index < -0.39 is 0 Å². The summed E-state index contributed by atoms with van der Waals surface area (Å²) in [6.07, 6.45) is 5.18. The first-order valence-corrected chi connectivity index (χ1v) is 8.62. The number of allylic oxidation sites excluding steroid dienone is 1. The van der Waals surface area contributed by atoms with E-state index in [-0.39, 0.29) is 0 Å². The van der Waals surface area contributed by atoms with Crippen molar-refractivity contribution in [2.45, 2.75) is 6.42 Å². The van der Waals surface area contributed by atoms with E-state index >= 15 is 0 Å². The number of hydrogen-bond donors (Lipinski definition) is 0. The van der Waals surface area contributed by atoms with Gasteiger partial charge in [-0.3, -0.25) is 4.98 Å². The molecule has 118 valence electrons. The van der Waals surface area contributed by atoms with Gasteiger partial charge in [0.25, 0.3) is 0 Å². The van der Waals surface area contributed by atoms with Gasteiger partial charge in [0.2, 0.25) is 0 Å². The summed E-state index contributed by atoms with van der Waals surface area (Å²) in [6, 6.07) is 27.8. The first-order valence-electron chi connectivity index (χ1n) is 8.62. The Hall–Kier alpha value is -3.19. The highest BCUT2D eigenvalue weighted by atomic mass is 14.7. The van der Waals surface area contributed by atoms with Crippen molar-refractivity contribution in [3.63, 3.8) is 0 Å². The van der Waals surface area contributed by atoms with E-state index in [1.807, 2.05) is 6.20 Å². The van der Waals surface area contributed by atoms with E-state index in [9.17, 15) is 0 Å². The maximum Gasteiger partial charge on any atom is 0.0743 e. The van der Waals surface area contributed by atoms with Crippen LogP contribution >= 0.6 is 0 Å². The lowest BCUT2D eigenvalue weighted by Gasteiger charge is -2.07. The largest absolute Gasteiger partial charge is 0.256 e. The molecule has 0 unspecified atom stereocenters. The molecule has 0 spiro atoms. The molecule has 4 aromatic rings. The minimum Gasteiger partial charge on any atom is -0.256 e. The molecular formula is C24H17N. The van der Waals surface area contributed by atoms with Crippen molar-refractivity contribution in [3.8, 4) is 11.1 Å². The average molecular weight is 319 g/mol. The summed E-state index contributed by atoms with van der Waals surface area (Å²) in [6.45, 7) is 0. The van der Waals surface area contributed by atoms with Gasteiger partial charge in [-0.2, -0.15) is 0 Å². The molecule has 0 saturated heterocycles. The Morgan fingerprint density at radius 2 is 1.56 bits per heavy atom. The van der Waals surface area contributed by atoms with Crippen LogP contribution in [0.25, 0.3) is 33.5 Å². The van der Waals surface area contributed by atoms with Crippen molar-refractivity contribution >= 4 is 22.4 Å². The predicted octanol–water partition coefficient (Wildman–Crippen LogP) is 6.00. The molecule has 0 bridgehead atoms. The van der Waals surface area contributed by atoms with E-state index in [0.717, 1.165) is 12.1 Å². The molecular weight excluding hydrogens is 302 g/mol. The molecule has 1 heteroatoms. The maximum absolute atomic E-state index is 4.71. The molecule has 5 rings (SSSR count). The molecule has 0 fully saturated rings. The van der Waals surface area contributed by atoms with Gasteiger partial charge in [-0.25, -0.2) is 0 Å². The van der Waals surface area contributed by atoms with E-state index in [2.05, 4.69) is 84.9 Å².